The van der Waals surface area contributed by atoms with Gasteiger partial charge in [-0.25, -0.2) is 5.06 Å². The normalized spacial score (nSPS) is 19.4. The van der Waals surface area contributed by atoms with E-state index in [-0.39, 0.29) is 11.5 Å². The molecule has 1 spiro atoms. The second-order valence-electron chi connectivity index (χ2n) is 7.45. The minimum Gasteiger partial charge on any atom is -0.299 e. The van der Waals surface area contributed by atoms with Crippen LogP contribution in [0.15, 0.2) is 54.6 Å². The number of hydrogen-bond donors (Lipinski definition) is 0. The highest BCUT2D eigenvalue weighted by atomic mass is 16.7. The van der Waals surface area contributed by atoms with Crippen molar-refractivity contribution in [3.63, 3.8) is 0 Å². The number of hydroxylamine groups is 2. The lowest BCUT2D eigenvalue weighted by atomic mass is 9.88. The van der Waals surface area contributed by atoms with Crippen LogP contribution in [0.2, 0.25) is 0 Å². The van der Waals surface area contributed by atoms with Gasteiger partial charge in [-0.15, -0.1) is 0 Å². The van der Waals surface area contributed by atoms with Gasteiger partial charge in [0.1, 0.15) is 5.60 Å². The summed E-state index contributed by atoms with van der Waals surface area (Å²) in [5.41, 5.74) is 2.64. The van der Waals surface area contributed by atoms with E-state index >= 15 is 0 Å². The van der Waals surface area contributed by atoms with E-state index in [0.29, 0.717) is 18.5 Å². The Kier molecular flexibility index (Phi) is 4.93. The second-order valence-corrected chi connectivity index (χ2v) is 7.45. The molecule has 1 amide bonds. The summed E-state index contributed by atoms with van der Waals surface area (Å²) in [5, 5.41) is 10.4. The van der Waals surface area contributed by atoms with Crippen LogP contribution in [0.3, 0.4) is 0 Å². The van der Waals surface area contributed by atoms with Gasteiger partial charge in [0.05, 0.1) is 24.6 Å². The molecule has 0 atom stereocenters. The van der Waals surface area contributed by atoms with Gasteiger partial charge in [0, 0.05) is 19.6 Å². The molecule has 2 fully saturated rings. The molecule has 2 heterocycles. The van der Waals surface area contributed by atoms with Gasteiger partial charge in [-0.3, -0.25) is 14.5 Å². The fourth-order valence-corrected chi connectivity index (χ4v) is 3.88. The maximum Gasteiger partial charge on any atom is 0.249 e. The van der Waals surface area contributed by atoms with Crippen LogP contribution >= 0.6 is 0 Å². The molecule has 138 valence electrons. The maximum atomic E-state index is 12.4. The summed E-state index contributed by atoms with van der Waals surface area (Å²) in [6.07, 6.45) is 2.20. The Morgan fingerprint density at radius 1 is 0.963 bits per heavy atom. The summed E-state index contributed by atoms with van der Waals surface area (Å²) in [5.74, 6) is 0.0828. The van der Waals surface area contributed by atoms with E-state index in [9.17, 15) is 4.79 Å². The van der Waals surface area contributed by atoms with Crippen LogP contribution in [0.4, 0.5) is 0 Å². The summed E-state index contributed by atoms with van der Waals surface area (Å²) in [6.45, 7) is 3.19. The van der Waals surface area contributed by atoms with E-state index in [4.69, 9.17) is 10.1 Å². The molecule has 0 radical (unpaired) electrons. The van der Waals surface area contributed by atoms with Gasteiger partial charge in [-0.2, -0.15) is 5.26 Å². The van der Waals surface area contributed by atoms with Crippen LogP contribution in [0.25, 0.3) is 0 Å². The monoisotopic (exact) mass is 361 g/mol. The number of hydrogen-bond acceptors (Lipinski definition) is 4. The van der Waals surface area contributed by atoms with Crippen LogP contribution in [0.5, 0.6) is 0 Å². The lowest BCUT2D eigenvalue weighted by Gasteiger charge is -2.37. The Morgan fingerprint density at radius 2 is 1.63 bits per heavy atom. The zero-order chi connectivity index (χ0) is 18.7. The Balaban J connectivity index is 1.33. The molecule has 5 heteroatoms. The Bertz CT molecular complexity index is 834. The summed E-state index contributed by atoms with van der Waals surface area (Å²) in [4.78, 5) is 21.0. The third-order valence-corrected chi connectivity index (χ3v) is 5.48. The number of nitriles is 1. The Hall–Kier alpha value is -2.68. The highest BCUT2D eigenvalue weighted by Gasteiger charge is 2.46. The van der Waals surface area contributed by atoms with E-state index in [0.717, 1.165) is 38.0 Å². The lowest BCUT2D eigenvalue weighted by molar-refractivity contribution is -0.214. The average molecular weight is 361 g/mol. The molecule has 2 aliphatic rings. The van der Waals surface area contributed by atoms with Gasteiger partial charge in [0.2, 0.25) is 5.91 Å². The molecule has 4 rings (SSSR count). The smallest absolute Gasteiger partial charge is 0.249 e. The third-order valence-electron chi connectivity index (χ3n) is 5.48. The zero-order valence-electron chi connectivity index (χ0n) is 15.3. The first kappa shape index (κ1) is 17.7. The number of carbonyl (C=O) groups excluding carboxylic acids is 1. The van der Waals surface area contributed by atoms with Crippen molar-refractivity contribution < 1.29 is 9.63 Å². The summed E-state index contributed by atoms with van der Waals surface area (Å²) >= 11 is 0. The Morgan fingerprint density at radius 3 is 2.30 bits per heavy atom. The number of nitrogens with zero attached hydrogens (tertiary/aromatic N) is 3. The number of amides is 1. The first-order chi connectivity index (χ1) is 13.2. The molecule has 27 heavy (non-hydrogen) atoms. The second kappa shape index (κ2) is 7.51. The van der Waals surface area contributed by atoms with Crippen LogP contribution in [0, 0.1) is 11.3 Å². The predicted octanol–water partition coefficient (Wildman–Crippen LogP) is 3.26. The lowest BCUT2D eigenvalue weighted by Crippen LogP contribution is -2.44. The minimum absolute atomic E-state index is 0.0828. The van der Waals surface area contributed by atoms with Crippen LogP contribution in [-0.2, 0) is 22.7 Å². The van der Waals surface area contributed by atoms with E-state index in [2.05, 4.69) is 11.0 Å². The molecule has 0 N–H and O–H groups in total. The van der Waals surface area contributed by atoms with Crippen LogP contribution in [-0.4, -0.2) is 34.6 Å². The van der Waals surface area contributed by atoms with Crippen molar-refractivity contribution in [3.05, 3.63) is 71.3 Å². The van der Waals surface area contributed by atoms with E-state index in [1.807, 2.05) is 54.6 Å². The van der Waals surface area contributed by atoms with Gasteiger partial charge in [-0.1, -0.05) is 42.5 Å². The molecule has 2 aromatic carbocycles. The van der Waals surface area contributed by atoms with E-state index in [1.54, 1.807) is 5.06 Å². The van der Waals surface area contributed by atoms with Crippen molar-refractivity contribution in [2.24, 2.45) is 0 Å². The van der Waals surface area contributed by atoms with Gasteiger partial charge < -0.3 is 0 Å². The first-order valence-electron chi connectivity index (χ1n) is 9.41. The summed E-state index contributed by atoms with van der Waals surface area (Å²) in [7, 11) is 0. The fourth-order valence-electron chi connectivity index (χ4n) is 3.88. The van der Waals surface area contributed by atoms with E-state index < -0.39 is 0 Å². The molecule has 2 aromatic rings. The molecular formula is C22H23N3O2. The molecule has 2 aliphatic heterocycles. The number of likely N-dealkylation sites (tertiary alicyclic amines) is 1. The van der Waals surface area contributed by atoms with Gasteiger partial charge in [0.15, 0.2) is 0 Å². The molecule has 2 saturated heterocycles. The summed E-state index contributed by atoms with van der Waals surface area (Å²) in [6, 6.07) is 19.9. The maximum absolute atomic E-state index is 12.4. The van der Waals surface area contributed by atoms with Crippen molar-refractivity contribution in [3.8, 4) is 6.07 Å². The molecule has 0 bridgehead atoms. The van der Waals surface area contributed by atoms with Crippen molar-refractivity contribution in [2.75, 3.05) is 13.1 Å². The molecule has 5 nitrogen and oxygen atoms in total. The zero-order valence-corrected chi connectivity index (χ0v) is 15.3. The number of carbonyl (C=O) groups is 1. The van der Waals surface area contributed by atoms with Crippen LogP contribution in [0.1, 0.15) is 36.0 Å². The van der Waals surface area contributed by atoms with Gasteiger partial charge >= 0.3 is 0 Å². The predicted molar refractivity (Wildman–Crippen MR) is 101 cm³/mol. The van der Waals surface area contributed by atoms with Gasteiger partial charge in [-0.05, 0) is 36.1 Å². The first-order valence-corrected chi connectivity index (χ1v) is 9.41. The topological polar surface area (TPSA) is 56.6 Å². The number of rotatable bonds is 4. The number of piperidine rings is 1. The standard InChI is InChI=1S/C22H23N3O2/c23-15-18-6-8-20(9-7-18)16-24-12-10-22(11-13-24)14-21(26)25(27-22)17-19-4-2-1-3-5-19/h1-9H,10-14,16-17H2. The SMILES string of the molecule is N#Cc1ccc(CN2CCC3(CC2)CC(=O)N(Cc2ccccc2)O3)cc1. The molecular weight excluding hydrogens is 338 g/mol. The van der Waals surface area contributed by atoms with Crippen LogP contribution < -0.4 is 0 Å². The highest BCUT2D eigenvalue weighted by molar-refractivity contribution is 5.78. The molecule has 0 saturated carbocycles. The highest BCUT2D eigenvalue weighted by Crippen LogP contribution is 2.37. The van der Waals surface area contributed by atoms with Crippen molar-refractivity contribution in [1.82, 2.24) is 9.96 Å². The molecule has 0 aromatic heterocycles. The molecule has 0 unspecified atom stereocenters. The third kappa shape index (κ3) is 4.02. The van der Waals surface area contributed by atoms with Crippen molar-refractivity contribution in [1.29, 1.82) is 5.26 Å². The van der Waals surface area contributed by atoms with Gasteiger partial charge in [0.25, 0.3) is 0 Å². The summed E-state index contributed by atoms with van der Waals surface area (Å²) < 4.78 is 0. The van der Waals surface area contributed by atoms with Crippen molar-refractivity contribution >= 4 is 5.91 Å². The molecule has 0 aliphatic carbocycles. The minimum atomic E-state index is -0.340. The number of benzene rings is 2. The average Bonchev–Trinajstić information content (AvgIpc) is 3.00. The fraction of sp³-hybridized carbons (Fsp3) is 0.364. The Labute approximate surface area is 159 Å². The van der Waals surface area contributed by atoms with E-state index in [1.165, 1.54) is 5.56 Å². The quantitative estimate of drug-likeness (QED) is 0.839. The largest absolute Gasteiger partial charge is 0.299 e. The van der Waals surface area contributed by atoms with Crippen molar-refractivity contribution in [2.45, 2.75) is 38.0 Å².